The van der Waals surface area contributed by atoms with Gasteiger partial charge >= 0.3 is 0 Å². The van der Waals surface area contributed by atoms with Crippen LogP contribution in [0, 0.1) is 0 Å². The molecule has 2 aromatic carbocycles. The van der Waals surface area contributed by atoms with Crippen molar-refractivity contribution in [2.24, 2.45) is 0 Å². The molecule has 2 nitrogen and oxygen atoms in total. The minimum atomic E-state index is 0. The molecule has 20 heavy (non-hydrogen) atoms. The van der Waals surface area contributed by atoms with E-state index in [-0.39, 0.29) is 7.21 Å². The molecule has 0 spiro atoms. The number of benzene rings is 2. The maximum atomic E-state index is 12.2. The lowest BCUT2D eigenvalue weighted by Crippen LogP contribution is -2.01. The first-order chi connectivity index (χ1) is 9.81. The molecule has 0 saturated carbocycles. The third kappa shape index (κ3) is 3.95. The Balaban J connectivity index is 0.00000220. The smallest absolute Gasteiger partial charge is 0.193 e. The summed E-state index contributed by atoms with van der Waals surface area (Å²) in [5.74, 6) is 0.869. The van der Waals surface area contributed by atoms with Crippen molar-refractivity contribution >= 4 is 5.78 Å². The summed E-state index contributed by atoms with van der Waals surface area (Å²) in [6, 6.07) is 16.7. The van der Waals surface area contributed by atoms with Crippen molar-refractivity contribution in [3.8, 4) is 5.75 Å². The number of ether oxygens (including phenoxy) is 1. The Kier molecular flexibility index (Phi) is 5.36. The van der Waals surface area contributed by atoms with Crippen molar-refractivity contribution in [1.29, 1.82) is 0 Å². The van der Waals surface area contributed by atoms with Gasteiger partial charge < -0.3 is 4.74 Å². The van der Waals surface area contributed by atoms with Gasteiger partial charge in [0.25, 0.3) is 0 Å². The van der Waals surface area contributed by atoms with Crippen LogP contribution in [-0.2, 0) is 0 Å². The first-order valence-electron chi connectivity index (χ1n) is 7.14. The fourth-order valence-electron chi connectivity index (χ4n) is 2.00. The summed E-state index contributed by atoms with van der Waals surface area (Å²) in [6.07, 6.45) is 3.44. The van der Waals surface area contributed by atoms with Gasteiger partial charge in [-0.3, -0.25) is 4.79 Å². The first kappa shape index (κ1) is 14.3. The van der Waals surface area contributed by atoms with Crippen LogP contribution >= 0.6 is 0 Å². The second-order valence-corrected chi connectivity index (χ2v) is 4.78. The molecule has 0 heterocycles. The molecule has 2 aromatic rings. The third-order valence-electron chi connectivity index (χ3n) is 3.17. The Morgan fingerprint density at radius 2 is 1.60 bits per heavy atom. The lowest BCUT2D eigenvalue weighted by atomic mass is 10.0. The van der Waals surface area contributed by atoms with Crippen LogP contribution in [0.1, 0.15) is 43.5 Å². The first-order valence-corrected chi connectivity index (χ1v) is 7.14. The topological polar surface area (TPSA) is 26.3 Å². The Labute approximate surface area is 121 Å². The fourth-order valence-corrected chi connectivity index (χ4v) is 2.00. The van der Waals surface area contributed by atoms with Gasteiger partial charge in [-0.25, -0.2) is 0 Å². The van der Waals surface area contributed by atoms with E-state index in [1.54, 1.807) is 0 Å². The van der Waals surface area contributed by atoms with Gasteiger partial charge in [-0.15, -0.1) is 0 Å². The maximum absolute atomic E-state index is 12.2. The predicted molar refractivity (Wildman–Crippen MR) is 83.5 cm³/mol. The summed E-state index contributed by atoms with van der Waals surface area (Å²) in [5.41, 5.74) is 1.40. The maximum Gasteiger partial charge on any atom is 0.193 e. The van der Waals surface area contributed by atoms with Gasteiger partial charge in [0.1, 0.15) is 5.75 Å². The molecule has 0 unspecified atom stereocenters. The lowest BCUT2D eigenvalue weighted by molar-refractivity contribution is 0.103. The number of unbranched alkanes of at least 4 members (excludes halogenated alkanes) is 2. The second-order valence-electron chi connectivity index (χ2n) is 4.78. The van der Waals surface area contributed by atoms with Crippen LogP contribution in [0.3, 0.4) is 0 Å². The number of hydrogen-bond acceptors (Lipinski definition) is 2. The van der Waals surface area contributed by atoms with E-state index < -0.39 is 0 Å². The van der Waals surface area contributed by atoms with E-state index in [1.165, 1.54) is 12.8 Å². The van der Waals surface area contributed by atoms with Gasteiger partial charge in [-0.1, -0.05) is 50.1 Å². The highest BCUT2D eigenvalue weighted by atomic mass is 16.5. The molecule has 0 fully saturated rings. The average Bonchev–Trinajstić information content (AvgIpc) is 2.52. The number of rotatable bonds is 7. The minimum absolute atomic E-state index is 0. The monoisotopic (exact) mass is 270 g/mol. The number of carbonyl (C=O) groups excluding carboxylic acids is 1. The Morgan fingerprint density at radius 1 is 0.950 bits per heavy atom. The van der Waals surface area contributed by atoms with Crippen molar-refractivity contribution in [2.75, 3.05) is 6.61 Å². The highest BCUT2D eigenvalue weighted by molar-refractivity contribution is 6.08. The molecular formula is C18H22O2. The van der Waals surface area contributed by atoms with Crippen LogP contribution in [0.4, 0.5) is 0 Å². The van der Waals surface area contributed by atoms with Gasteiger partial charge in [0.05, 0.1) is 6.61 Å². The Morgan fingerprint density at radius 3 is 2.25 bits per heavy atom. The highest BCUT2D eigenvalue weighted by Crippen LogP contribution is 2.15. The summed E-state index contributed by atoms with van der Waals surface area (Å²) >= 11 is 0. The van der Waals surface area contributed by atoms with Crippen LogP contribution in [0.25, 0.3) is 0 Å². The standard InChI is InChI=1S/C18H20O2.H2/c1-2-3-7-14-20-17-12-10-16(11-13-17)18(19)15-8-5-4-6-9-15;/h4-6,8-13H,2-3,7,14H2,1H3;1H. The zero-order valence-electron chi connectivity index (χ0n) is 11.8. The number of hydrogen-bond donors (Lipinski definition) is 0. The van der Waals surface area contributed by atoms with Gasteiger partial charge in [0.2, 0.25) is 0 Å². The van der Waals surface area contributed by atoms with Crippen LogP contribution in [0.5, 0.6) is 5.75 Å². The van der Waals surface area contributed by atoms with E-state index in [1.807, 2.05) is 54.6 Å². The van der Waals surface area contributed by atoms with Gasteiger partial charge in [0.15, 0.2) is 5.78 Å². The van der Waals surface area contributed by atoms with Gasteiger partial charge in [0, 0.05) is 12.6 Å². The van der Waals surface area contributed by atoms with Crippen LogP contribution in [-0.4, -0.2) is 12.4 Å². The van der Waals surface area contributed by atoms with Crippen molar-refractivity contribution in [2.45, 2.75) is 26.2 Å². The fraction of sp³-hybridized carbons (Fsp3) is 0.278. The largest absolute Gasteiger partial charge is 0.494 e. The summed E-state index contributed by atoms with van der Waals surface area (Å²) < 4.78 is 5.64. The van der Waals surface area contributed by atoms with Crippen LogP contribution < -0.4 is 4.74 Å². The lowest BCUT2D eigenvalue weighted by Gasteiger charge is -2.06. The molecule has 0 aliphatic carbocycles. The molecular weight excluding hydrogens is 248 g/mol. The molecule has 0 aliphatic heterocycles. The molecule has 0 saturated heterocycles. The number of ketones is 1. The summed E-state index contributed by atoms with van der Waals surface area (Å²) in [5, 5.41) is 0. The van der Waals surface area contributed by atoms with E-state index in [9.17, 15) is 4.79 Å². The van der Waals surface area contributed by atoms with Crippen LogP contribution in [0.15, 0.2) is 54.6 Å². The van der Waals surface area contributed by atoms with E-state index in [0.717, 1.165) is 18.8 Å². The molecule has 0 radical (unpaired) electrons. The average molecular weight is 270 g/mol. The molecule has 0 aliphatic rings. The summed E-state index contributed by atoms with van der Waals surface area (Å²) in [6.45, 7) is 2.91. The molecule has 0 aromatic heterocycles. The highest BCUT2D eigenvalue weighted by Gasteiger charge is 2.08. The van der Waals surface area contributed by atoms with E-state index in [0.29, 0.717) is 11.1 Å². The van der Waals surface area contributed by atoms with Crippen LogP contribution in [0.2, 0.25) is 0 Å². The zero-order chi connectivity index (χ0) is 14.2. The van der Waals surface area contributed by atoms with E-state index >= 15 is 0 Å². The molecule has 0 amide bonds. The molecule has 0 bridgehead atoms. The molecule has 2 heteroatoms. The SMILES string of the molecule is CCCCCOc1ccc(C(=O)c2ccccc2)cc1.[HH]. The minimum Gasteiger partial charge on any atom is -0.494 e. The molecule has 106 valence electrons. The Bertz CT molecular complexity index is 535. The molecule has 0 atom stereocenters. The predicted octanol–water partition coefficient (Wildman–Crippen LogP) is 4.73. The normalized spacial score (nSPS) is 10.2. The summed E-state index contributed by atoms with van der Waals surface area (Å²) in [7, 11) is 0. The van der Waals surface area contributed by atoms with E-state index in [2.05, 4.69) is 6.92 Å². The molecule has 2 rings (SSSR count). The van der Waals surface area contributed by atoms with Crippen molar-refractivity contribution in [3.05, 3.63) is 65.7 Å². The van der Waals surface area contributed by atoms with Crippen molar-refractivity contribution in [3.63, 3.8) is 0 Å². The second kappa shape index (κ2) is 7.49. The van der Waals surface area contributed by atoms with E-state index in [4.69, 9.17) is 4.74 Å². The summed E-state index contributed by atoms with van der Waals surface area (Å²) in [4.78, 5) is 12.2. The van der Waals surface area contributed by atoms with Gasteiger partial charge in [-0.2, -0.15) is 0 Å². The van der Waals surface area contributed by atoms with Crippen molar-refractivity contribution in [1.82, 2.24) is 0 Å². The Hall–Kier alpha value is -2.09. The quantitative estimate of drug-likeness (QED) is 0.537. The zero-order valence-corrected chi connectivity index (χ0v) is 11.8. The molecule has 0 N–H and O–H groups in total. The number of carbonyl (C=O) groups is 1. The van der Waals surface area contributed by atoms with Crippen molar-refractivity contribution < 1.29 is 11.0 Å². The van der Waals surface area contributed by atoms with Gasteiger partial charge in [-0.05, 0) is 30.7 Å². The third-order valence-corrected chi connectivity index (χ3v) is 3.17.